The molecule has 1 nitrogen and oxygen atoms in total. The van der Waals surface area contributed by atoms with Crippen LogP contribution in [-0.4, -0.2) is 6.61 Å². The Morgan fingerprint density at radius 2 is 2.13 bits per heavy atom. The van der Waals surface area contributed by atoms with Gasteiger partial charge in [-0.05, 0) is 48.9 Å². The van der Waals surface area contributed by atoms with Crippen LogP contribution < -0.4 is 4.74 Å². The highest BCUT2D eigenvalue weighted by Gasteiger charge is 2.12. The minimum absolute atomic E-state index is 0.752. The number of hydrogen-bond donors (Lipinski definition) is 0. The summed E-state index contributed by atoms with van der Waals surface area (Å²) in [6.45, 7) is 5.00. The van der Waals surface area contributed by atoms with E-state index in [-0.39, 0.29) is 0 Å². The predicted octanol–water partition coefficient (Wildman–Crippen LogP) is 3.61. The van der Waals surface area contributed by atoms with E-state index in [1.807, 2.05) is 6.92 Å². The van der Waals surface area contributed by atoms with Gasteiger partial charge in [0.25, 0.3) is 0 Å². The van der Waals surface area contributed by atoms with Crippen molar-refractivity contribution in [2.45, 2.75) is 33.1 Å². The van der Waals surface area contributed by atoms with Gasteiger partial charge in [0.15, 0.2) is 0 Å². The highest BCUT2D eigenvalue weighted by molar-refractivity contribution is 5.61. The molecule has 15 heavy (non-hydrogen) atoms. The van der Waals surface area contributed by atoms with Gasteiger partial charge < -0.3 is 4.74 Å². The first-order valence-corrected chi connectivity index (χ1v) is 5.81. The lowest BCUT2D eigenvalue weighted by Gasteiger charge is -2.18. The first-order valence-electron chi connectivity index (χ1n) is 5.81. The number of ether oxygens (including phenoxy) is 1. The fraction of sp³-hybridized carbons (Fsp3) is 0.429. The van der Waals surface area contributed by atoms with Gasteiger partial charge in [0.05, 0.1) is 6.61 Å². The maximum Gasteiger partial charge on any atom is 0.122 e. The van der Waals surface area contributed by atoms with E-state index >= 15 is 0 Å². The quantitative estimate of drug-likeness (QED) is 0.727. The van der Waals surface area contributed by atoms with E-state index in [9.17, 15) is 0 Å². The molecule has 0 aliphatic heterocycles. The maximum atomic E-state index is 5.67. The Morgan fingerprint density at radius 3 is 2.87 bits per heavy atom. The second kappa shape index (κ2) is 4.52. The normalized spacial score (nSPS) is 13.7. The van der Waals surface area contributed by atoms with Crippen molar-refractivity contribution < 1.29 is 4.74 Å². The molecule has 0 heterocycles. The number of hydrogen-bond acceptors (Lipinski definition) is 1. The second-order valence-electron chi connectivity index (χ2n) is 3.84. The van der Waals surface area contributed by atoms with Gasteiger partial charge in [-0.25, -0.2) is 0 Å². The summed E-state index contributed by atoms with van der Waals surface area (Å²) in [5, 5.41) is 0. The van der Waals surface area contributed by atoms with E-state index in [2.05, 4.69) is 31.2 Å². The summed E-state index contributed by atoms with van der Waals surface area (Å²) >= 11 is 0. The van der Waals surface area contributed by atoms with Crippen LogP contribution in [0, 0.1) is 0 Å². The monoisotopic (exact) mass is 202 g/mol. The second-order valence-corrected chi connectivity index (χ2v) is 3.84. The minimum atomic E-state index is 0.752. The smallest absolute Gasteiger partial charge is 0.122 e. The average molecular weight is 202 g/mol. The predicted molar refractivity (Wildman–Crippen MR) is 64.3 cm³/mol. The molecule has 0 N–H and O–H groups in total. The third-order valence-corrected chi connectivity index (χ3v) is 2.94. The Hall–Kier alpha value is -1.24. The molecule has 1 heteroatoms. The van der Waals surface area contributed by atoms with Crippen molar-refractivity contribution in [2.75, 3.05) is 6.61 Å². The Kier molecular flexibility index (Phi) is 3.10. The average Bonchev–Trinajstić information content (AvgIpc) is 2.29. The molecule has 0 fully saturated rings. The van der Waals surface area contributed by atoms with Crippen molar-refractivity contribution in [3.05, 3.63) is 34.9 Å². The first kappa shape index (κ1) is 10.3. The molecule has 1 aromatic rings. The van der Waals surface area contributed by atoms with E-state index in [1.165, 1.54) is 16.7 Å². The zero-order chi connectivity index (χ0) is 10.7. The van der Waals surface area contributed by atoms with Crippen LogP contribution in [0.15, 0.2) is 18.2 Å². The van der Waals surface area contributed by atoms with Crippen molar-refractivity contribution >= 4 is 6.08 Å². The molecule has 0 amide bonds. The molecule has 0 spiro atoms. The summed E-state index contributed by atoms with van der Waals surface area (Å²) in [4.78, 5) is 0. The summed E-state index contributed by atoms with van der Waals surface area (Å²) in [6.07, 6.45) is 7.87. The highest BCUT2D eigenvalue weighted by atomic mass is 16.5. The third-order valence-electron chi connectivity index (χ3n) is 2.94. The summed E-state index contributed by atoms with van der Waals surface area (Å²) in [6, 6.07) is 4.28. The van der Waals surface area contributed by atoms with Gasteiger partial charge in [-0.1, -0.05) is 25.1 Å². The van der Waals surface area contributed by atoms with E-state index < -0.39 is 0 Å². The van der Waals surface area contributed by atoms with Crippen LogP contribution in [0.5, 0.6) is 5.75 Å². The molecule has 0 saturated heterocycles. The fourth-order valence-electron chi connectivity index (χ4n) is 2.26. The van der Waals surface area contributed by atoms with Gasteiger partial charge in [0.2, 0.25) is 0 Å². The lowest BCUT2D eigenvalue weighted by Crippen LogP contribution is -2.04. The Bertz CT molecular complexity index is 377. The van der Waals surface area contributed by atoms with Crippen molar-refractivity contribution in [1.82, 2.24) is 0 Å². The Balaban J connectivity index is 2.47. The topological polar surface area (TPSA) is 9.23 Å². The van der Waals surface area contributed by atoms with E-state index in [0.29, 0.717) is 0 Å². The third kappa shape index (κ3) is 1.92. The molecule has 0 radical (unpaired) electrons. The molecule has 0 bridgehead atoms. The molecular formula is C14H18O. The van der Waals surface area contributed by atoms with Gasteiger partial charge in [-0.2, -0.15) is 0 Å². The highest BCUT2D eigenvalue weighted by Crippen LogP contribution is 2.30. The SMILES string of the molecule is CCOc1ccc2c(c1CC)CCC=C2. The van der Waals surface area contributed by atoms with Gasteiger partial charge >= 0.3 is 0 Å². The standard InChI is InChI=1S/C14H18O/c1-3-12-13-8-6-5-7-11(13)9-10-14(12)15-4-2/h5,7,9-10H,3-4,6,8H2,1-2H3. The summed E-state index contributed by atoms with van der Waals surface area (Å²) in [5.41, 5.74) is 4.27. The number of fused-ring (bicyclic) bond motifs is 1. The fourth-order valence-corrected chi connectivity index (χ4v) is 2.26. The van der Waals surface area contributed by atoms with E-state index in [4.69, 9.17) is 4.74 Å². The summed E-state index contributed by atoms with van der Waals surface area (Å²) in [7, 11) is 0. The Morgan fingerprint density at radius 1 is 1.27 bits per heavy atom. The first-order chi connectivity index (χ1) is 7.36. The lowest BCUT2D eigenvalue weighted by atomic mass is 9.91. The molecule has 2 rings (SSSR count). The number of benzene rings is 1. The summed E-state index contributed by atoms with van der Waals surface area (Å²) < 4.78 is 5.67. The molecule has 1 aliphatic carbocycles. The molecule has 1 aromatic carbocycles. The zero-order valence-corrected chi connectivity index (χ0v) is 9.55. The van der Waals surface area contributed by atoms with Crippen molar-refractivity contribution in [3.8, 4) is 5.75 Å². The molecule has 0 atom stereocenters. The zero-order valence-electron chi connectivity index (χ0n) is 9.55. The van der Waals surface area contributed by atoms with Gasteiger partial charge in [-0.15, -0.1) is 0 Å². The minimum Gasteiger partial charge on any atom is -0.494 e. The van der Waals surface area contributed by atoms with Crippen LogP contribution in [0.4, 0.5) is 0 Å². The van der Waals surface area contributed by atoms with Gasteiger partial charge in [-0.3, -0.25) is 0 Å². The number of allylic oxidation sites excluding steroid dienone is 1. The number of rotatable bonds is 3. The van der Waals surface area contributed by atoms with Gasteiger partial charge in [0, 0.05) is 0 Å². The molecular weight excluding hydrogens is 184 g/mol. The largest absolute Gasteiger partial charge is 0.494 e. The van der Waals surface area contributed by atoms with Crippen molar-refractivity contribution in [1.29, 1.82) is 0 Å². The molecule has 1 aliphatic rings. The van der Waals surface area contributed by atoms with Gasteiger partial charge in [0.1, 0.15) is 5.75 Å². The van der Waals surface area contributed by atoms with Crippen molar-refractivity contribution in [2.24, 2.45) is 0 Å². The van der Waals surface area contributed by atoms with Crippen LogP contribution in [-0.2, 0) is 12.8 Å². The van der Waals surface area contributed by atoms with Crippen LogP contribution in [0.2, 0.25) is 0 Å². The van der Waals surface area contributed by atoms with Crippen molar-refractivity contribution in [3.63, 3.8) is 0 Å². The van der Waals surface area contributed by atoms with E-state index in [0.717, 1.165) is 31.6 Å². The van der Waals surface area contributed by atoms with Crippen LogP contribution >= 0.6 is 0 Å². The Labute approximate surface area is 91.8 Å². The molecule has 80 valence electrons. The molecule has 0 aromatic heterocycles. The maximum absolute atomic E-state index is 5.67. The van der Waals surface area contributed by atoms with Crippen LogP contribution in [0.25, 0.3) is 6.08 Å². The molecule has 0 unspecified atom stereocenters. The van der Waals surface area contributed by atoms with Crippen LogP contribution in [0.1, 0.15) is 37.0 Å². The van der Waals surface area contributed by atoms with E-state index in [1.54, 1.807) is 0 Å². The lowest BCUT2D eigenvalue weighted by molar-refractivity contribution is 0.336. The molecule has 0 saturated carbocycles. The summed E-state index contributed by atoms with van der Waals surface area (Å²) in [5.74, 6) is 1.08. The van der Waals surface area contributed by atoms with Crippen LogP contribution in [0.3, 0.4) is 0 Å².